The molecule has 0 saturated carbocycles. The van der Waals surface area contributed by atoms with Gasteiger partial charge in [0, 0.05) is 23.1 Å². The quantitative estimate of drug-likeness (QED) is 0.572. The summed E-state index contributed by atoms with van der Waals surface area (Å²) in [5.74, 6) is -0.470. The van der Waals surface area contributed by atoms with Gasteiger partial charge in [-0.25, -0.2) is 8.42 Å². The molecule has 11 heteroatoms. The van der Waals surface area contributed by atoms with Crippen LogP contribution in [0.1, 0.15) is 24.8 Å². The zero-order valence-corrected chi connectivity index (χ0v) is 20.7. The SMILES string of the molecule is Cc1cccc(Oc2ccc(Cl)cc2N2C(=NC(=O)CCCC(=O)O)S[C@@H]3CS(=O)(=O)C[C@H]32)c1. The van der Waals surface area contributed by atoms with Crippen LogP contribution < -0.4 is 9.64 Å². The second-order valence-electron chi connectivity index (χ2n) is 8.24. The number of rotatable bonds is 7. The summed E-state index contributed by atoms with van der Waals surface area (Å²) >= 11 is 7.54. The average Bonchev–Trinajstić information content (AvgIpc) is 3.19. The molecule has 34 heavy (non-hydrogen) atoms. The predicted molar refractivity (Wildman–Crippen MR) is 133 cm³/mol. The van der Waals surface area contributed by atoms with Gasteiger partial charge in [-0.3, -0.25) is 9.59 Å². The second kappa shape index (κ2) is 9.97. The van der Waals surface area contributed by atoms with Gasteiger partial charge >= 0.3 is 5.97 Å². The summed E-state index contributed by atoms with van der Waals surface area (Å²) in [6.45, 7) is 1.95. The number of sulfone groups is 1. The molecule has 1 N–H and O–H groups in total. The first kappa shape index (κ1) is 24.6. The van der Waals surface area contributed by atoms with E-state index in [1.807, 2.05) is 31.2 Å². The van der Waals surface area contributed by atoms with Crippen molar-refractivity contribution in [2.45, 2.75) is 37.5 Å². The third kappa shape index (κ3) is 5.73. The number of carboxylic acid groups (broad SMARTS) is 1. The van der Waals surface area contributed by atoms with Gasteiger partial charge in [-0.1, -0.05) is 35.5 Å². The highest BCUT2D eigenvalue weighted by molar-refractivity contribution is 8.16. The van der Waals surface area contributed by atoms with Gasteiger partial charge in [0.2, 0.25) is 5.91 Å². The first-order valence-electron chi connectivity index (χ1n) is 10.6. The van der Waals surface area contributed by atoms with Crippen molar-refractivity contribution in [2.75, 3.05) is 16.4 Å². The van der Waals surface area contributed by atoms with E-state index in [-0.39, 0.29) is 36.0 Å². The summed E-state index contributed by atoms with van der Waals surface area (Å²) in [5, 5.41) is 9.31. The van der Waals surface area contributed by atoms with E-state index in [1.54, 1.807) is 23.1 Å². The van der Waals surface area contributed by atoms with Gasteiger partial charge in [-0.15, -0.1) is 0 Å². The average molecular weight is 523 g/mol. The second-order valence-corrected chi connectivity index (χ2v) is 12.0. The van der Waals surface area contributed by atoms with E-state index in [1.165, 1.54) is 11.8 Å². The maximum atomic E-state index is 12.5. The fourth-order valence-corrected chi connectivity index (χ4v) is 8.06. The Morgan fingerprint density at radius 2 is 2.00 bits per heavy atom. The maximum absolute atomic E-state index is 12.5. The summed E-state index contributed by atoms with van der Waals surface area (Å²) in [7, 11) is -3.25. The lowest BCUT2D eigenvalue weighted by Crippen LogP contribution is -2.38. The number of nitrogens with zero attached hydrogens (tertiary/aromatic N) is 2. The van der Waals surface area contributed by atoms with Gasteiger partial charge in [-0.05, 0) is 49.2 Å². The van der Waals surface area contributed by atoms with Crippen molar-refractivity contribution in [1.29, 1.82) is 0 Å². The number of carbonyl (C=O) groups excluding carboxylic acids is 1. The minimum absolute atomic E-state index is 0.0139. The van der Waals surface area contributed by atoms with Crippen LogP contribution in [0.25, 0.3) is 0 Å². The molecule has 0 spiro atoms. The number of thioether (sulfide) groups is 1. The van der Waals surface area contributed by atoms with Gasteiger partial charge < -0.3 is 14.7 Å². The first-order valence-corrected chi connectivity index (χ1v) is 13.7. The van der Waals surface area contributed by atoms with Crippen LogP contribution in [0.15, 0.2) is 47.5 Å². The van der Waals surface area contributed by atoms with Crippen LogP contribution >= 0.6 is 23.4 Å². The molecule has 2 atom stereocenters. The lowest BCUT2D eigenvalue weighted by molar-refractivity contribution is -0.137. The van der Waals surface area contributed by atoms with Crippen molar-refractivity contribution in [2.24, 2.45) is 4.99 Å². The highest BCUT2D eigenvalue weighted by atomic mass is 35.5. The Hall–Kier alpha value is -2.56. The van der Waals surface area contributed by atoms with Crippen molar-refractivity contribution in [3.63, 3.8) is 0 Å². The lowest BCUT2D eigenvalue weighted by atomic mass is 10.2. The Morgan fingerprint density at radius 1 is 1.21 bits per heavy atom. The molecule has 0 unspecified atom stereocenters. The Kier molecular flexibility index (Phi) is 7.20. The number of carboxylic acids is 1. The van der Waals surface area contributed by atoms with Gasteiger partial charge in [0.05, 0.1) is 23.2 Å². The van der Waals surface area contributed by atoms with E-state index in [4.69, 9.17) is 21.4 Å². The molecule has 2 aliphatic heterocycles. The standard InChI is InChI=1S/C23H23ClN2O6S2/c1-14-4-2-5-16(10-14)32-19-9-8-15(24)11-17(19)26-18-12-34(30,31)13-20(18)33-23(26)25-21(27)6-3-7-22(28)29/h2,4-5,8-11,18,20H,3,6-7,12-13H2,1H3,(H,28,29)/t18-,20-/m1/s1. The molecule has 0 bridgehead atoms. The van der Waals surface area contributed by atoms with E-state index >= 15 is 0 Å². The number of amidine groups is 1. The maximum Gasteiger partial charge on any atom is 0.303 e. The summed E-state index contributed by atoms with van der Waals surface area (Å²) in [4.78, 5) is 29.2. The van der Waals surface area contributed by atoms with Crippen LogP contribution in [0.2, 0.25) is 5.02 Å². The number of aliphatic carboxylic acids is 1. The summed E-state index contributed by atoms with van der Waals surface area (Å²) < 4.78 is 30.9. The monoisotopic (exact) mass is 522 g/mol. The first-order chi connectivity index (χ1) is 16.1. The van der Waals surface area contributed by atoms with E-state index < -0.39 is 27.8 Å². The number of anilines is 1. The Labute approximate surface area is 206 Å². The van der Waals surface area contributed by atoms with Crippen LogP contribution in [0.4, 0.5) is 5.69 Å². The molecule has 180 valence electrons. The molecule has 0 radical (unpaired) electrons. The van der Waals surface area contributed by atoms with Crippen LogP contribution in [0.5, 0.6) is 11.5 Å². The van der Waals surface area contributed by atoms with Gasteiger partial charge in [0.1, 0.15) is 5.75 Å². The smallest absolute Gasteiger partial charge is 0.303 e. The molecule has 1 amide bonds. The summed E-state index contributed by atoms with van der Waals surface area (Å²) in [6.07, 6.45) is 0.0372. The van der Waals surface area contributed by atoms with E-state index in [0.29, 0.717) is 27.4 Å². The molecule has 4 rings (SSSR count). The van der Waals surface area contributed by atoms with Crippen molar-refractivity contribution in [3.05, 3.63) is 53.1 Å². The Balaban J connectivity index is 1.71. The number of ether oxygens (including phenoxy) is 1. The molecule has 0 aliphatic carbocycles. The molecule has 2 heterocycles. The van der Waals surface area contributed by atoms with Crippen molar-refractivity contribution in [1.82, 2.24) is 0 Å². The summed E-state index contributed by atoms with van der Waals surface area (Å²) in [5.41, 5.74) is 1.53. The fraction of sp³-hybridized carbons (Fsp3) is 0.348. The number of carbonyl (C=O) groups is 2. The minimum Gasteiger partial charge on any atom is -0.481 e. The molecule has 2 aromatic carbocycles. The molecular formula is C23H23ClN2O6S2. The van der Waals surface area contributed by atoms with Crippen LogP contribution in [-0.4, -0.2) is 53.4 Å². The number of aliphatic imine (C=N–C) groups is 1. The number of aryl methyl sites for hydroxylation is 1. The number of halogens is 1. The Morgan fingerprint density at radius 3 is 2.74 bits per heavy atom. The largest absolute Gasteiger partial charge is 0.481 e. The number of hydrogen-bond acceptors (Lipinski definition) is 6. The molecule has 2 aliphatic rings. The van der Waals surface area contributed by atoms with Gasteiger partial charge in [0.15, 0.2) is 20.8 Å². The van der Waals surface area contributed by atoms with Crippen molar-refractivity contribution < 1.29 is 27.9 Å². The van der Waals surface area contributed by atoms with Crippen LogP contribution in [-0.2, 0) is 19.4 Å². The van der Waals surface area contributed by atoms with Crippen LogP contribution in [0.3, 0.4) is 0 Å². The molecule has 8 nitrogen and oxygen atoms in total. The third-order valence-corrected chi connectivity index (χ3v) is 8.91. The number of fused-ring (bicyclic) bond motifs is 1. The van der Waals surface area contributed by atoms with Crippen LogP contribution in [0, 0.1) is 6.92 Å². The van der Waals surface area contributed by atoms with Crippen molar-refractivity contribution >= 4 is 55.9 Å². The molecule has 2 aromatic rings. The zero-order chi connectivity index (χ0) is 24.5. The zero-order valence-electron chi connectivity index (χ0n) is 18.3. The van der Waals surface area contributed by atoms with E-state index in [0.717, 1.165) is 5.56 Å². The minimum atomic E-state index is -3.25. The predicted octanol–water partition coefficient (Wildman–Crippen LogP) is 4.30. The number of hydrogen-bond donors (Lipinski definition) is 1. The lowest BCUT2D eigenvalue weighted by Gasteiger charge is -2.27. The van der Waals surface area contributed by atoms with Gasteiger partial charge in [-0.2, -0.15) is 4.99 Å². The topological polar surface area (TPSA) is 113 Å². The van der Waals surface area contributed by atoms with Crippen molar-refractivity contribution in [3.8, 4) is 11.5 Å². The Bertz CT molecular complexity index is 1260. The fourth-order valence-electron chi connectivity index (χ4n) is 3.97. The third-order valence-electron chi connectivity index (χ3n) is 5.47. The van der Waals surface area contributed by atoms with Gasteiger partial charge in [0.25, 0.3) is 0 Å². The highest BCUT2D eigenvalue weighted by Crippen LogP contribution is 2.45. The molecule has 0 aromatic heterocycles. The number of benzene rings is 2. The molecule has 2 fully saturated rings. The van der Waals surface area contributed by atoms with E-state index in [2.05, 4.69) is 4.99 Å². The van der Waals surface area contributed by atoms with E-state index in [9.17, 15) is 18.0 Å². The highest BCUT2D eigenvalue weighted by Gasteiger charge is 2.50. The molecule has 2 saturated heterocycles. The summed E-state index contributed by atoms with van der Waals surface area (Å²) in [6, 6.07) is 12.1. The molecular weight excluding hydrogens is 500 g/mol. The normalized spacial score (nSPS) is 22.1. The number of amides is 1.